The first kappa shape index (κ1) is 21.2. The third-order valence-electron chi connectivity index (χ3n) is 5.27. The fourth-order valence-electron chi connectivity index (χ4n) is 3.48. The number of aromatic nitrogens is 3. The second kappa shape index (κ2) is 9.01. The van der Waals surface area contributed by atoms with Crippen molar-refractivity contribution >= 4 is 28.6 Å². The van der Waals surface area contributed by atoms with Crippen LogP contribution in [0.5, 0.6) is 0 Å². The van der Waals surface area contributed by atoms with Crippen LogP contribution in [0.15, 0.2) is 66.7 Å². The minimum atomic E-state index is -1.11. The number of amides is 1. The molecule has 7 nitrogen and oxygen atoms in total. The lowest BCUT2D eigenvalue weighted by molar-refractivity contribution is -0.125. The van der Waals surface area contributed by atoms with Gasteiger partial charge in [0, 0.05) is 17.8 Å². The first-order chi connectivity index (χ1) is 15.5. The van der Waals surface area contributed by atoms with Crippen molar-refractivity contribution in [2.75, 3.05) is 5.32 Å². The van der Waals surface area contributed by atoms with E-state index in [1.165, 1.54) is 0 Å². The normalized spacial score (nSPS) is 11.8. The molecule has 32 heavy (non-hydrogen) atoms. The molecular formula is C25H24N4O3. The summed E-state index contributed by atoms with van der Waals surface area (Å²) < 4.78 is 7.45. The summed E-state index contributed by atoms with van der Waals surface area (Å²) in [6, 6.07) is 19.8. The maximum Gasteiger partial charge on any atom is 0.339 e. The number of carbonyl (C=O) groups excluding carboxylic acids is 2. The van der Waals surface area contributed by atoms with Gasteiger partial charge in [-0.1, -0.05) is 47.7 Å². The standard InChI is InChI=1S/C25H24N4O3/c1-4-29-22-13-12-19(15-21(22)27-28-29)25(31)32-23(18-8-6-5-7-9-18)24(30)26-20-14-16(2)10-11-17(20)3/h5-15,23H,4H2,1-3H3,(H,26,30)/t23-/m0/s1. The van der Waals surface area contributed by atoms with E-state index in [1.807, 2.05) is 45.0 Å². The lowest BCUT2D eigenvalue weighted by Gasteiger charge is -2.19. The molecule has 1 aromatic heterocycles. The number of aryl methyl sites for hydroxylation is 3. The van der Waals surface area contributed by atoms with Crippen molar-refractivity contribution in [1.29, 1.82) is 0 Å². The van der Waals surface area contributed by atoms with Gasteiger partial charge in [-0.05, 0) is 56.2 Å². The van der Waals surface area contributed by atoms with E-state index in [4.69, 9.17) is 4.74 Å². The number of ether oxygens (including phenoxy) is 1. The van der Waals surface area contributed by atoms with Crippen LogP contribution in [0.25, 0.3) is 11.0 Å². The van der Waals surface area contributed by atoms with Crippen molar-refractivity contribution in [3.8, 4) is 0 Å². The number of hydrogen-bond donors (Lipinski definition) is 1. The Morgan fingerprint density at radius 3 is 2.56 bits per heavy atom. The quantitative estimate of drug-likeness (QED) is 0.454. The van der Waals surface area contributed by atoms with Gasteiger partial charge in [-0.15, -0.1) is 5.10 Å². The molecule has 162 valence electrons. The summed E-state index contributed by atoms with van der Waals surface area (Å²) in [7, 11) is 0. The zero-order chi connectivity index (χ0) is 22.7. The average Bonchev–Trinajstić information content (AvgIpc) is 3.22. The van der Waals surface area contributed by atoms with Crippen LogP contribution in [-0.2, 0) is 16.1 Å². The topological polar surface area (TPSA) is 86.1 Å². The molecule has 7 heteroatoms. The number of anilines is 1. The van der Waals surface area contributed by atoms with Gasteiger partial charge in [-0.25, -0.2) is 9.48 Å². The van der Waals surface area contributed by atoms with Gasteiger partial charge in [-0.2, -0.15) is 0 Å². The second-order valence-electron chi connectivity index (χ2n) is 7.61. The Morgan fingerprint density at radius 1 is 1.03 bits per heavy atom. The minimum Gasteiger partial charge on any atom is -0.444 e. The summed E-state index contributed by atoms with van der Waals surface area (Å²) in [6.45, 7) is 6.51. The number of carbonyl (C=O) groups is 2. The molecule has 0 aliphatic rings. The molecule has 0 aliphatic heterocycles. The molecule has 1 N–H and O–H groups in total. The van der Waals surface area contributed by atoms with Crippen molar-refractivity contribution in [1.82, 2.24) is 15.0 Å². The van der Waals surface area contributed by atoms with Crippen LogP contribution in [0.2, 0.25) is 0 Å². The number of rotatable bonds is 6. The molecular weight excluding hydrogens is 404 g/mol. The minimum absolute atomic E-state index is 0.307. The fraction of sp³-hybridized carbons (Fsp3) is 0.200. The first-order valence-electron chi connectivity index (χ1n) is 10.4. The Labute approximate surface area is 186 Å². The van der Waals surface area contributed by atoms with Crippen LogP contribution >= 0.6 is 0 Å². The first-order valence-corrected chi connectivity index (χ1v) is 10.4. The van der Waals surface area contributed by atoms with Crippen molar-refractivity contribution in [3.05, 3.63) is 89.0 Å². The molecule has 4 rings (SSSR count). The van der Waals surface area contributed by atoms with Crippen LogP contribution in [0, 0.1) is 13.8 Å². The van der Waals surface area contributed by atoms with Crippen LogP contribution in [-0.4, -0.2) is 26.9 Å². The molecule has 0 radical (unpaired) electrons. The van der Waals surface area contributed by atoms with Crippen molar-refractivity contribution in [3.63, 3.8) is 0 Å². The van der Waals surface area contributed by atoms with Gasteiger partial charge in [0.15, 0.2) is 0 Å². The average molecular weight is 428 g/mol. The van der Waals surface area contributed by atoms with Crippen molar-refractivity contribution < 1.29 is 14.3 Å². The number of esters is 1. The zero-order valence-corrected chi connectivity index (χ0v) is 18.2. The smallest absolute Gasteiger partial charge is 0.339 e. The summed E-state index contributed by atoms with van der Waals surface area (Å²) in [4.78, 5) is 26.2. The van der Waals surface area contributed by atoms with Gasteiger partial charge in [0.05, 0.1) is 11.1 Å². The highest BCUT2D eigenvalue weighted by molar-refractivity contribution is 5.99. The summed E-state index contributed by atoms with van der Waals surface area (Å²) in [5.74, 6) is -1.03. The van der Waals surface area contributed by atoms with Crippen LogP contribution < -0.4 is 5.32 Å². The highest BCUT2D eigenvalue weighted by atomic mass is 16.5. The molecule has 0 saturated heterocycles. The van der Waals surface area contributed by atoms with Gasteiger partial charge in [0.1, 0.15) is 5.52 Å². The van der Waals surface area contributed by atoms with E-state index < -0.39 is 18.0 Å². The molecule has 0 spiro atoms. The molecule has 0 bridgehead atoms. The second-order valence-corrected chi connectivity index (χ2v) is 7.61. The number of benzene rings is 3. The van der Waals surface area contributed by atoms with E-state index in [9.17, 15) is 9.59 Å². The van der Waals surface area contributed by atoms with Crippen molar-refractivity contribution in [2.24, 2.45) is 0 Å². The van der Waals surface area contributed by atoms with Gasteiger partial charge in [0.2, 0.25) is 6.10 Å². The Balaban J connectivity index is 1.61. The van der Waals surface area contributed by atoms with E-state index in [-0.39, 0.29) is 0 Å². The van der Waals surface area contributed by atoms with Gasteiger partial charge in [-0.3, -0.25) is 4.79 Å². The Bertz CT molecular complexity index is 1280. The van der Waals surface area contributed by atoms with E-state index in [0.29, 0.717) is 28.9 Å². The molecule has 0 unspecified atom stereocenters. The van der Waals surface area contributed by atoms with E-state index in [0.717, 1.165) is 16.6 Å². The van der Waals surface area contributed by atoms with E-state index >= 15 is 0 Å². The van der Waals surface area contributed by atoms with Crippen molar-refractivity contribution in [2.45, 2.75) is 33.4 Å². The molecule has 0 saturated carbocycles. The monoisotopic (exact) mass is 428 g/mol. The van der Waals surface area contributed by atoms with Gasteiger partial charge in [0.25, 0.3) is 5.91 Å². The molecule has 1 heterocycles. The maximum absolute atomic E-state index is 13.2. The fourth-order valence-corrected chi connectivity index (χ4v) is 3.48. The van der Waals surface area contributed by atoms with E-state index in [2.05, 4.69) is 15.6 Å². The summed E-state index contributed by atoms with van der Waals surface area (Å²) in [5, 5.41) is 11.1. The third-order valence-corrected chi connectivity index (χ3v) is 5.27. The van der Waals surface area contributed by atoms with Gasteiger partial charge >= 0.3 is 5.97 Å². The number of hydrogen-bond acceptors (Lipinski definition) is 5. The lowest BCUT2D eigenvalue weighted by Crippen LogP contribution is -2.26. The molecule has 4 aromatic rings. The Hall–Kier alpha value is -4.00. The molecule has 0 fully saturated rings. The number of nitrogens with one attached hydrogen (secondary N) is 1. The highest BCUT2D eigenvalue weighted by Crippen LogP contribution is 2.24. The summed E-state index contributed by atoms with van der Waals surface area (Å²) >= 11 is 0. The SMILES string of the molecule is CCn1nnc2cc(C(=O)O[C@H](C(=O)Nc3cc(C)ccc3C)c3ccccc3)ccc21. The van der Waals surface area contributed by atoms with Gasteiger partial charge < -0.3 is 10.1 Å². The zero-order valence-electron chi connectivity index (χ0n) is 18.2. The number of nitrogens with zero attached hydrogens (tertiary/aromatic N) is 3. The van der Waals surface area contributed by atoms with Crippen LogP contribution in [0.1, 0.15) is 40.1 Å². The maximum atomic E-state index is 13.2. The molecule has 1 atom stereocenters. The van der Waals surface area contributed by atoms with Crippen LogP contribution in [0.3, 0.4) is 0 Å². The molecule has 1 amide bonds. The van der Waals surface area contributed by atoms with E-state index in [1.54, 1.807) is 47.1 Å². The summed E-state index contributed by atoms with van der Waals surface area (Å²) in [6.07, 6.45) is -1.11. The Morgan fingerprint density at radius 2 is 1.81 bits per heavy atom. The predicted molar refractivity (Wildman–Crippen MR) is 122 cm³/mol. The predicted octanol–water partition coefficient (Wildman–Crippen LogP) is 4.60. The lowest BCUT2D eigenvalue weighted by atomic mass is 10.1. The number of fused-ring (bicyclic) bond motifs is 1. The molecule has 3 aromatic carbocycles. The Kier molecular flexibility index (Phi) is 5.98. The largest absolute Gasteiger partial charge is 0.444 e. The highest BCUT2D eigenvalue weighted by Gasteiger charge is 2.26. The van der Waals surface area contributed by atoms with Crippen LogP contribution in [0.4, 0.5) is 5.69 Å². The third kappa shape index (κ3) is 4.37. The molecule has 0 aliphatic carbocycles. The summed E-state index contributed by atoms with van der Waals surface area (Å²) in [5.41, 5.74) is 4.94.